The van der Waals surface area contributed by atoms with Gasteiger partial charge in [0.15, 0.2) is 5.82 Å². The smallest absolute Gasteiger partial charge is 0.355 e. The minimum Gasteiger partial charge on any atom is -0.466 e. The van der Waals surface area contributed by atoms with Crippen molar-refractivity contribution in [1.82, 2.24) is 0 Å². The molecule has 1 aliphatic heterocycles. The van der Waals surface area contributed by atoms with Crippen LogP contribution in [0.5, 0.6) is 0 Å². The lowest BCUT2D eigenvalue weighted by Gasteiger charge is -2.36. The summed E-state index contributed by atoms with van der Waals surface area (Å²) in [6.45, 7) is 0. The zero-order chi connectivity index (χ0) is 24.3. The van der Waals surface area contributed by atoms with Gasteiger partial charge in [-0.1, -0.05) is 41.9 Å². The van der Waals surface area contributed by atoms with Gasteiger partial charge in [0.05, 0.1) is 48.1 Å². The molecule has 0 aromatic heterocycles. The number of esters is 2. The number of allylic oxidation sites excluding steroid dienone is 1. The van der Waals surface area contributed by atoms with Crippen molar-refractivity contribution < 1.29 is 23.5 Å². The maximum absolute atomic E-state index is 14.7. The van der Waals surface area contributed by atoms with Crippen molar-refractivity contribution in [1.29, 1.82) is 10.5 Å². The van der Waals surface area contributed by atoms with E-state index in [0.717, 1.165) is 25.2 Å². The van der Waals surface area contributed by atoms with Crippen molar-refractivity contribution in [3.05, 3.63) is 87.1 Å². The predicted molar refractivity (Wildman–Crippen MR) is 116 cm³/mol. The average molecular weight is 467 g/mol. The molecule has 0 spiro atoms. The minimum absolute atomic E-state index is 0.117. The highest BCUT2D eigenvalue weighted by atomic mass is 35.5. The van der Waals surface area contributed by atoms with Gasteiger partial charge in [-0.05, 0) is 17.7 Å². The Hall–Kier alpha value is -4.34. The molecule has 8 nitrogen and oxygen atoms in total. The van der Waals surface area contributed by atoms with Crippen LogP contribution < -0.4 is 10.6 Å². The van der Waals surface area contributed by atoms with Crippen LogP contribution in [-0.4, -0.2) is 26.2 Å². The number of rotatable bonds is 4. The van der Waals surface area contributed by atoms with Gasteiger partial charge in [0.1, 0.15) is 23.2 Å². The lowest BCUT2D eigenvalue weighted by atomic mass is 9.80. The lowest BCUT2D eigenvalue weighted by molar-refractivity contribution is -0.139. The fraction of sp³-hybridized carbons (Fsp3) is 0.130. The van der Waals surface area contributed by atoms with Gasteiger partial charge in [0, 0.05) is 0 Å². The van der Waals surface area contributed by atoms with Crippen LogP contribution in [0.2, 0.25) is 5.02 Å². The predicted octanol–water partition coefficient (Wildman–Crippen LogP) is 3.25. The fourth-order valence-electron chi connectivity index (χ4n) is 3.60. The third kappa shape index (κ3) is 3.86. The third-order valence-corrected chi connectivity index (χ3v) is 5.33. The van der Waals surface area contributed by atoms with Crippen molar-refractivity contribution in [3.8, 4) is 12.1 Å². The number of hydrogen-bond donors (Lipinski definition) is 1. The van der Waals surface area contributed by atoms with Crippen LogP contribution in [0.1, 0.15) is 17.0 Å². The molecule has 166 valence electrons. The number of nitrogens with two attached hydrogens (primary N) is 1. The van der Waals surface area contributed by atoms with Crippen molar-refractivity contribution in [2.24, 2.45) is 5.73 Å². The quantitative estimate of drug-likeness (QED) is 0.679. The lowest BCUT2D eigenvalue weighted by Crippen LogP contribution is -2.41. The second kappa shape index (κ2) is 9.43. The molecule has 10 heteroatoms. The van der Waals surface area contributed by atoms with Gasteiger partial charge >= 0.3 is 11.9 Å². The van der Waals surface area contributed by atoms with E-state index in [1.807, 2.05) is 6.07 Å². The number of halogens is 2. The summed E-state index contributed by atoms with van der Waals surface area (Å²) in [6, 6.07) is 14.4. The van der Waals surface area contributed by atoms with E-state index in [1.165, 1.54) is 6.07 Å². The van der Waals surface area contributed by atoms with E-state index in [0.29, 0.717) is 5.56 Å². The first kappa shape index (κ1) is 23.3. The topological polar surface area (TPSA) is 129 Å². The summed E-state index contributed by atoms with van der Waals surface area (Å²) < 4.78 is 24.5. The summed E-state index contributed by atoms with van der Waals surface area (Å²) in [5.74, 6) is -4.40. The molecule has 0 saturated heterocycles. The number of carbonyl (C=O) groups is 2. The number of carbonyl (C=O) groups excluding carboxylic acids is 2. The Kier molecular flexibility index (Phi) is 6.67. The van der Waals surface area contributed by atoms with Crippen molar-refractivity contribution in [2.75, 3.05) is 19.1 Å². The number of benzene rings is 2. The first-order valence-electron chi connectivity index (χ1n) is 9.36. The highest BCUT2D eigenvalue weighted by Gasteiger charge is 2.43. The fourth-order valence-corrected chi connectivity index (χ4v) is 3.75. The molecule has 33 heavy (non-hydrogen) atoms. The number of nitrogens with zero attached hydrogens (tertiary/aromatic N) is 3. The Morgan fingerprint density at radius 1 is 1.06 bits per heavy atom. The van der Waals surface area contributed by atoms with Crippen molar-refractivity contribution in [3.63, 3.8) is 0 Å². The number of anilines is 1. The summed E-state index contributed by atoms with van der Waals surface area (Å²) in [5.41, 5.74) is 5.23. The molecule has 2 N–H and O–H groups in total. The Labute approximate surface area is 193 Å². The van der Waals surface area contributed by atoms with Gasteiger partial charge in [-0.25, -0.2) is 14.0 Å². The van der Waals surface area contributed by atoms with Crippen LogP contribution in [0.3, 0.4) is 0 Å². The zero-order valence-electron chi connectivity index (χ0n) is 17.4. The molecule has 1 aliphatic rings. The van der Waals surface area contributed by atoms with E-state index in [2.05, 4.69) is 0 Å². The Balaban J connectivity index is 2.49. The minimum atomic E-state index is -1.09. The molecule has 0 saturated carbocycles. The van der Waals surface area contributed by atoms with E-state index in [9.17, 15) is 24.5 Å². The Bertz CT molecular complexity index is 1290. The number of ether oxygens (including phenoxy) is 2. The Morgan fingerprint density at radius 2 is 1.70 bits per heavy atom. The first-order valence-corrected chi connectivity index (χ1v) is 9.73. The summed E-state index contributed by atoms with van der Waals surface area (Å²) >= 11 is 5.81. The highest BCUT2D eigenvalue weighted by Crippen LogP contribution is 2.44. The molecule has 2 aromatic carbocycles. The number of methoxy groups -OCH3 is 2. The molecular formula is C23H16ClFN4O4. The Morgan fingerprint density at radius 3 is 2.24 bits per heavy atom. The van der Waals surface area contributed by atoms with Gasteiger partial charge in [0.2, 0.25) is 0 Å². The van der Waals surface area contributed by atoms with Gasteiger partial charge in [-0.2, -0.15) is 10.5 Å². The van der Waals surface area contributed by atoms with Crippen LogP contribution in [0.15, 0.2) is 65.1 Å². The summed E-state index contributed by atoms with van der Waals surface area (Å²) in [5, 5.41) is 19.2. The average Bonchev–Trinajstić information content (AvgIpc) is 2.84. The molecule has 1 unspecified atom stereocenters. The summed E-state index contributed by atoms with van der Waals surface area (Å²) in [6.07, 6.45) is 0. The van der Waals surface area contributed by atoms with Crippen molar-refractivity contribution in [2.45, 2.75) is 5.92 Å². The van der Waals surface area contributed by atoms with E-state index >= 15 is 0 Å². The van der Waals surface area contributed by atoms with Gasteiger partial charge in [-0.3, -0.25) is 4.90 Å². The molecule has 1 heterocycles. The SMILES string of the molecule is COC(=O)C1=C(C(=O)OC)N(c2ccc(Cl)c(F)c2C#N)C(N)=C(C#N)C1c1ccccc1. The number of nitriles is 2. The van der Waals surface area contributed by atoms with E-state index in [-0.39, 0.29) is 27.7 Å². The summed E-state index contributed by atoms with van der Waals surface area (Å²) in [4.78, 5) is 26.8. The number of hydrogen-bond acceptors (Lipinski definition) is 8. The van der Waals surface area contributed by atoms with Gasteiger partial charge < -0.3 is 15.2 Å². The van der Waals surface area contributed by atoms with Gasteiger partial charge in [0.25, 0.3) is 0 Å². The standard InChI is InChI=1S/C23H16ClFN4O4/c1-32-22(30)18-17(12-6-4-3-5-7-12)14(11-27)21(28)29(20(18)23(31)33-2)16-9-8-15(24)19(25)13(16)10-26/h3-9,17H,28H2,1-2H3. The molecule has 2 aromatic rings. The van der Waals surface area contributed by atoms with Crippen molar-refractivity contribution >= 4 is 29.2 Å². The van der Waals surface area contributed by atoms with E-state index in [4.69, 9.17) is 26.8 Å². The van der Waals surface area contributed by atoms with Crippen LogP contribution in [0.4, 0.5) is 10.1 Å². The van der Waals surface area contributed by atoms with Crippen LogP contribution in [-0.2, 0) is 19.1 Å². The van der Waals surface area contributed by atoms with Crippen LogP contribution in [0, 0.1) is 28.5 Å². The first-order chi connectivity index (χ1) is 15.8. The molecule has 0 aliphatic carbocycles. The summed E-state index contributed by atoms with van der Waals surface area (Å²) in [7, 11) is 2.18. The molecule has 0 fully saturated rings. The van der Waals surface area contributed by atoms with E-state index < -0.39 is 34.9 Å². The molecule has 3 rings (SSSR count). The highest BCUT2D eigenvalue weighted by molar-refractivity contribution is 6.31. The zero-order valence-corrected chi connectivity index (χ0v) is 18.2. The second-order valence-electron chi connectivity index (χ2n) is 6.70. The molecule has 0 bridgehead atoms. The maximum Gasteiger partial charge on any atom is 0.355 e. The largest absolute Gasteiger partial charge is 0.466 e. The molecule has 1 atom stereocenters. The van der Waals surface area contributed by atoms with Crippen LogP contribution in [0.25, 0.3) is 0 Å². The monoisotopic (exact) mass is 466 g/mol. The van der Waals surface area contributed by atoms with E-state index in [1.54, 1.807) is 36.4 Å². The van der Waals surface area contributed by atoms with Gasteiger partial charge in [-0.15, -0.1) is 0 Å². The second-order valence-corrected chi connectivity index (χ2v) is 7.11. The molecule has 0 radical (unpaired) electrons. The molecular weight excluding hydrogens is 451 g/mol. The maximum atomic E-state index is 14.7. The normalized spacial score (nSPS) is 15.6. The molecule has 0 amide bonds. The third-order valence-electron chi connectivity index (χ3n) is 5.04. The van der Waals surface area contributed by atoms with Crippen LogP contribution >= 0.6 is 11.6 Å².